The summed E-state index contributed by atoms with van der Waals surface area (Å²) in [6, 6.07) is 5.02. The van der Waals surface area contributed by atoms with Gasteiger partial charge in [-0.25, -0.2) is 4.79 Å². The maximum atomic E-state index is 12.6. The van der Waals surface area contributed by atoms with Crippen LogP contribution in [0.1, 0.15) is 45.6 Å². The first-order valence-corrected chi connectivity index (χ1v) is 10.3. The van der Waals surface area contributed by atoms with E-state index >= 15 is 0 Å². The summed E-state index contributed by atoms with van der Waals surface area (Å²) in [7, 11) is 0. The summed E-state index contributed by atoms with van der Waals surface area (Å²) in [5, 5.41) is 2.57. The Morgan fingerprint density at radius 1 is 1.20 bits per heavy atom. The molecule has 0 spiro atoms. The number of carbonyl (C=O) groups excluding carboxylic acids is 2. The molecule has 1 unspecified atom stereocenters. The second-order valence-corrected chi connectivity index (χ2v) is 9.23. The highest BCUT2D eigenvalue weighted by atomic mass is 35.5. The molecular weight excluding hydrogens is 444 g/mol. The molecule has 1 heterocycles. The van der Waals surface area contributed by atoms with Gasteiger partial charge < -0.3 is 15.0 Å². The molecule has 2 amide bonds. The molecule has 1 aromatic rings. The van der Waals surface area contributed by atoms with Crippen molar-refractivity contribution < 1.29 is 27.5 Å². The monoisotopic (exact) mass is 468 g/mol. The number of carbonyl (C=O) groups is 2. The van der Waals surface area contributed by atoms with Crippen LogP contribution in [0, 0.1) is 0 Å². The summed E-state index contributed by atoms with van der Waals surface area (Å²) in [6.45, 7) is 5.75. The van der Waals surface area contributed by atoms with Crippen molar-refractivity contribution in [2.45, 2.75) is 57.2 Å². The lowest BCUT2D eigenvalue weighted by Crippen LogP contribution is -2.51. The number of ether oxygens (including phenoxy) is 1. The fourth-order valence-electron chi connectivity index (χ4n) is 3.54. The van der Waals surface area contributed by atoms with E-state index < -0.39 is 29.2 Å². The molecule has 0 aliphatic carbocycles. The largest absolute Gasteiger partial charge is 0.471 e. The molecular formula is C20H25Cl2F3N2O3. The summed E-state index contributed by atoms with van der Waals surface area (Å²) in [5.41, 5.74) is -0.643. The molecule has 1 atom stereocenters. The van der Waals surface area contributed by atoms with Crippen LogP contribution >= 0.6 is 23.2 Å². The lowest BCUT2D eigenvalue weighted by atomic mass is 9.71. The normalized spacial score (nSPS) is 20.1. The van der Waals surface area contributed by atoms with Crippen LogP contribution < -0.4 is 5.32 Å². The second kappa shape index (κ2) is 9.22. The van der Waals surface area contributed by atoms with Crippen molar-refractivity contribution in [2.24, 2.45) is 0 Å². The van der Waals surface area contributed by atoms with E-state index in [2.05, 4.69) is 0 Å². The van der Waals surface area contributed by atoms with Crippen molar-refractivity contribution >= 4 is 35.2 Å². The molecule has 0 saturated carbocycles. The molecule has 0 radical (unpaired) electrons. The molecule has 1 fully saturated rings. The van der Waals surface area contributed by atoms with E-state index in [0.717, 1.165) is 5.56 Å². The highest BCUT2D eigenvalue weighted by molar-refractivity contribution is 6.42. The maximum Gasteiger partial charge on any atom is 0.471 e. The first kappa shape index (κ1) is 24.6. The summed E-state index contributed by atoms with van der Waals surface area (Å²) >= 11 is 12.2. The van der Waals surface area contributed by atoms with Gasteiger partial charge in [-0.2, -0.15) is 13.2 Å². The lowest BCUT2D eigenvalue weighted by Gasteiger charge is -2.43. The number of likely N-dealkylation sites (tertiary alicyclic amines) is 1. The third-order valence-corrected chi connectivity index (χ3v) is 5.65. The number of nitrogens with zero attached hydrogens (tertiary/aromatic N) is 1. The van der Waals surface area contributed by atoms with Crippen molar-refractivity contribution in [1.29, 1.82) is 0 Å². The van der Waals surface area contributed by atoms with Crippen LogP contribution in [0.15, 0.2) is 18.2 Å². The number of hydrogen-bond donors (Lipinski definition) is 1. The van der Waals surface area contributed by atoms with Crippen molar-refractivity contribution in [3.8, 4) is 0 Å². The van der Waals surface area contributed by atoms with Gasteiger partial charge in [-0.1, -0.05) is 29.3 Å². The van der Waals surface area contributed by atoms with Gasteiger partial charge in [-0.3, -0.25) is 4.79 Å². The minimum absolute atomic E-state index is 0.187. The molecule has 1 saturated heterocycles. The second-order valence-electron chi connectivity index (χ2n) is 8.42. The van der Waals surface area contributed by atoms with Crippen molar-refractivity contribution in [2.75, 3.05) is 19.6 Å². The van der Waals surface area contributed by atoms with Crippen LogP contribution in [0.25, 0.3) is 0 Å². The smallest absolute Gasteiger partial charge is 0.444 e. The summed E-state index contributed by atoms with van der Waals surface area (Å²) in [4.78, 5) is 25.4. The van der Waals surface area contributed by atoms with Gasteiger partial charge in [0, 0.05) is 25.0 Å². The summed E-state index contributed by atoms with van der Waals surface area (Å²) in [6.07, 6.45) is -4.04. The van der Waals surface area contributed by atoms with Crippen LogP contribution in [0.5, 0.6) is 0 Å². The number of rotatable bonds is 4. The third-order valence-electron chi connectivity index (χ3n) is 4.91. The van der Waals surface area contributed by atoms with Gasteiger partial charge in [-0.05, 0) is 57.7 Å². The van der Waals surface area contributed by atoms with E-state index in [1.54, 1.807) is 43.9 Å². The van der Waals surface area contributed by atoms with Crippen molar-refractivity contribution in [1.82, 2.24) is 10.2 Å². The highest BCUT2D eigenvalue weighted by Gasteiger charge is 2.42. The molecule has 5 nitrogen and oxygen atoms in total. The Labute approximate surface area is 183 Å². The molecule has 168 valence electrons. The Bertz CT molecular complexity index is 796. The average molecular weight is 469 g/mol. The molecule has 1 aliphatic heterocycles. The fourth-order valence-corrected chi connectivity index (χ4v) is 3.84. The quantitative estimate of drug-likeness (QED) is 0.649. The van der Waals surface area contributed by atoms with Gasteiger partial charge in [0.25, 0.3) is 0 Å². The highest BCUT2D eigenvalue weighted by Crippen LogP contribution is 2.40. The number of nitrogens with one attached hydrogen (secondary N) is 1. The van der Waals surface area contributed by atoms with E-state index in [1.807, 2.05) is 5.32 Å². The number of hydrogen-bond acceptors (Lipinski definition) is 3. The van der Waals surface area contributed by atoms with E-state index in [-0.39, 0.29) is 19.5 Å². The fraction of sp³-hybridized carbons (Fsp3) is 0.600. The van der Waals surface area contributed by atoms with Crippen molar-refractivity contribution in [3.05, 3.63) is 33.8 Å². The van der Waals surface area contributed by atoms with E-state index in [4.69, 9.17) is 27.9 Å². The molecule has 1 N–H and O–H groups in total. The Morgan fingerprint density at radius 2 is 1.87 bits per heavy atom. The van der Waals surface area contributed by atoms with Gasteiger partial charge in [0.05, 0.1) is 10.0 Å². The van der Waals surface area contributed by atoms with Crippen LogP contribution in [0.3, 0.4) is 0 Å². The van der Waals surface area contributed by atoms with E-state index in [1.165, 1.54) is 0 Å². The number of halogens is 5. The predicted molar refractivity (Wildman–Crippen MR) is 109 cm³/mol. The molecule has 0 bridgehead atoms. The zero-order chi connectivity index (χ0) is 22.7. The zero-order valence-corrected chi connectivity index (χ0v) is 18.5. The summed E-state index contributed by atoms with van der Waals surface area (Å²) < 4.78 is 43.1. The van der Waals surface area contributed by atoms with Gasteiger partial charge in [0.15, 0.2) is 0 Å². The number of benzene rings is 1. The van der Waals surface area contributed by atoms with Gasteiger partial charge in [0.1, 0.15) is 5.60 Å². The van der Waals surface area contributed by atoms with Crippen LogP contribution in [-0.2, 0) is 14.9 Å². The molecule has 30 heavy (non-hydrogen) atoms. The zero-order valence-electron chi connectivity index (χ0n) is 17.0. The first-order valence-electron chi connectivity index (χ1n) is 9.52. The maximum absolute atomic E-state index is 12.6. The molecule has 0 aromatic heterocycles. The van der Waals surface area contributed by atoms with Crippen molar-refractivity contribution in [3.63, 3.8) is 0 Å². The summed E-state index contributed by atoms with van der Waals surface area (Å²) in [5.74, 6) is -1.99. The van der Waals surface area contributed by atoms with Crippen LogP contribution in [-0.4, -0.2) is 48.3 Å². The van der Waals surface area contributed by atoms with Gasteiger partial charge in [0.2, 0.25) is 0 Å². The Kier molecular flexibility index (Phi) is 7.56. The van der Waals surface area contributed by atoms with Gasteiger partial charge >= 0.3 is 18.2 Å². The minimum atomic E-state index is -4.95. The molecule has 1 aliphatic rings. The SMILES string of the molecule is CC(C)(C)OC(=O)N1CCCC(CCNC(=O)C(F)(F)F)(c2ccc(Cl)c(Cl)c2)C1. The van der Waals surface area contributed by atoms with Crippen LogP contribution in [0.2, 0.25) is 10.0 Å². The Balaban J connectivity index is 2.27. The standard InChI is InChI=1S/C20H25Cl2F3N2O3/c1-18(2,3)30-17(29)27-10-4-7-19(12-27,8-9-26-16(28)20(23,24)25)13-5-6-14(21)15(22)11-13/h5-6,11H,4,7-10,12H2,1-3H3,(H,26,28). The average Bonchev–Trinajstić information content (AvgIpc) is 2.62. The molecule has 10 heteroatoms. The Morgan fingerprint density at radius 3 is 2.43 bits per heavy atom. The van der Waals surface area contributed by atoms with Crippen LogP contribution in [0.4, 0.5) is 18.0 Å². The first-order chi connectivity index (χ1) is 13.7. The molecule has 2 rings (SSSR count). The predicted octanol–water partition coefficient (Wildman–Crippen LogP) is 5.33. The topological polar surface area (TPSA) is 58.6 Å². The number of amides is 2. The van der Waals surface area contributed by atoms with E-state index in [9.17, 15) is 22.8 Å². The number of piperidine rings is 1. The third kappa shape index (κ3) is 6.41. The van der Waals surface area contributed by atoms with E-state index in [0.29, 0.717) is 29.4 Å². The molecule has 1 aromatic carbocycles. The minimum Gasteiger partial charge on any atom is -0.444 e. The lowest BCUT2D eigenvalue weighted by molar-refractivity contribution is -0.173. The Hall–Kier alpha value is -1.67. The number of alkyl halides is 3. The van der Waals surface area contributed by atoms with Gasteiger partial charge in [-0.15, -0.1) is 0 Å².